The highest BCUT2D eigenvalue weighted by Gasteiger charge is 2.37. The predicted octanol–water partition coefficient (Wildman–Crippen LogP) is 5.05. The molecule has 2 N–H and O–H groups in total. The number of amides is 2. The molecule has 2 bridgehead atoms. The minimum Gasteiger partial charge on any atom is -0.487 e. The van der Waals surface area contributed by atoms with Crippen molar-refractivity contribution in [1.29, 1.82) is 0 Å². The molecule has 2 aromatic carbocycles. The SMILES string of the molecule is CO[C@@H]1/C=C/CCNC(=O)NS(=O)(=O)c2ccc3c(c2)N(CCCCc2cc(Cl)ccc2CO3)C[C@@H]2CC[C@H]21. The van der Waals surface area contributed by atoms with Crippen molar-refractivity contribution in [3.05, 3.63) is 64.7 Å². The van der Waals surface area contributed by atoms with Gasteiger partial charge in [0.2, 0.25) is 0 Å². The van der Waals surface area contributed by atoms with Gasteiger partial charge in [-0.25, -0.2) is 17.9 Å². The van der Waals surface area contributed by atoms with Gasteiger partial charge in [0.15, 0.2) is 0 Å². The summed E-state index contributed by atoms with van der Waals surface area (Å²) in [5.74, 6) is 1.39. The number of rotatable bonds is 1. The average molecular weight is 574 g/mol. The van der Waals surface area contributed by atoms with Gasteiger partial charge in [-0.3, -0.25) is 0 Å². The average Bonchev–Trinajstić information content (AvgIpc) is 2.92. The molecule has 3 atom stereocenters. The fourth-order valence-electron chi connectivity index (χ4n) is 5.73. The first-order valence-corrected chi connectivity index (χ1v) is 15.5. The van der Waals surface area contributed by atoms with E-state index in [0.717, 1.165) is 56.4 Å². The summed E-state index contributed by atoms with van der Waals surface area (Å²) in [4.78, 5) is 14.7. The van der Waals surface area contributed by atoms with Crippen molar-refractivity contribution in [3.63, 3.8) is 0 Å². The summed E-state index contributed by atoms with van der Waals surface area (Å²) in [6, 6.07) is 9.95. The van der Waals surface area contributed by atoms with E-state index in [2.05, 4.69) is 21.0 Å². The maximum atomic E-state index is 13.2. The van der Waals surface area contributed by atoms with Crippen LogP contribution in [0.5, 0.6) is 5.75 Å². The van der Waals surface area contributed by atoms with Crippen LogP contribution in [-0.4, -0.2) is 47.3 Å². The highest BCUT2D eigenvalue weighted by molar-refractivity contribution is 7.90. The Hall–Kier alpha value is -2.75. The number of carbonyl (C=O) groups excluding carboxylic acids is 1. The van der Waals surface area contributed by atoms with Gasteiger partial charge in [-0.15, -0.1) is 0 Å². The molecule has 5 rings (SSSR count). The van der Waals surface area contributed by atoms with E-state index in [-0.39, 0.29) is 11.0 Å². The molecule has 210 valence electrons. The van der Waals surface area contributed by atoms with E-state index in [0.29, 0.717) is 42.2 Å². The van der Waals surface area contributed by atoms with Crippen LogP contribution in [0.4, 0.5) is 10.5 Å². The lowest BCUT2D eigenvalue weighted by molar-refractivity contribution is 0.0135. The van der Waals surface area contributed by atoms with Crippen molar-refractivity contribution >= 4 is 33.3 Å². The molecule has 10 heteroatoms. The van der Waals surface area contributed by atoms with Gasteiger partial charge < -0.3 is 19.7 Å². The van der Waals surface area contributed by atoms with Crippen LogP contribution in [0.25, 0.3) is 0 Å². The molecule has 2 heterocycles. The Morgan fingerprint density at radius 3 is 2.77 bits per heavy atom. The van der Waals surface area contributed by atoms with E-state index in [9.17, 15) is 13.2 Å². The van der Waals surface area contributed by atoms with Gasteiger partial charge in [0.05, 0.1) is 16.7 Å². The number of methoxy groups -OCH3 is 1. The number of ether oxygens (including phenoxy) is 2. The fraction of sp³-hybridized carbons (Fsp3) is 0.483. The van der Waals surface area contributed by atoms with E-state index in [1.54, 1.807) is 19.2 Å². The molecule has 1 fully saturated rings. The highest BCUT2D eigenvalue weighted by Crippen LogP contribution is 2.41. The van der Waals surface area contributed by atoms with Crippen molar-refractivity contribution in [2.24, 2.45) is 11.8 Å². The molecular formula is C29H36ClN3O5S. The molecule has 0 aromatic heterocycles. The molecule has 39 heavy (non-hydrogen) atoms. The summed E-state index contributed by atoms with van der Waals surface area (Å²) in [5.41, 5.74) is 2.96. The van der Waals surface area contributed by atoms with Crippen LogP contribution < -0.4 is 19.7 Å². The number of fused-ring (bicyclic) bond motifs is 3. The number of anilines is 1. The topological polar surface area (TPSA) is 97.0 Å². The number of hydrogen-bond acceptors (Lipinski definition) is 6. The Kier molecular flexibility index (Phi) is 8.69. The monoisotopic (exact) mass is 573 g/mol. The lowest BCUT2D eigenvalue weighted by Gasteiger charge is -2.43. The summed E-state index contributed by atoms with van der Waals surface area (Å²) in [5, 5.41) is 3.33. The molecule has 0 saturated heterocycles. The van der Waals surface area contributed by atoms with Crippen LogP contribution in [0, 0.1) is 11.8 Å². The molecule has 1 saturated carbocycles. The maximum Gasteiger partial charge on any atom is 0.328 e. The number of nitrogens with one attached hydrogen (secondary N) is 2. The molecule has 8 nitrogen and oxygen atoms in total. The lowest BCUT2D eigenvalue weighted by Crippen LogP contribution is -2.44. The van der Waals surface area contributed by atoms with E-state index < -0.39 is 16.1 Å². The quantitative estimate of drug-likeness (QED) is 0.463. The normalized spacial score (nSPS) is 26.3. The summed E-state index contributed by atoms with van der Waals surface area (Å²) in [7, 11) is -2.34. The summed E-state index contributed by atoms with van der Waals surface area (Å²) >= 11 is 6.29. The molecule has 1 aliphatic carbocycles. The predicted molar refractivity (Wildman–Crippen MR) is 152 cm³/mol. The number of halogens is 1. The van der Waals surface area contributed by atoms with Gasteiger partial charge in [-0.1, -0.05) is 29.8 Å². The van der Waals surface area contributed by atoms with Gasteiger partial charge in [0, 0.05) is 31.8 Å². The molecule has 2 aromatic rings. The largest absolute Gasteiger partial charge is 0.487 e. The van der Waals surface area contributed by atoms with Crippen molar-refractivity contribution in [1.82, 2.24) is 10.0 Å². The van der Waals surface area contributed by atoms with Crippen molar-refractivity contribution in [2.45, 2.75) is 56.1 Å². The molecule has 0 unspecified atom stereocenters. The number of hydrogen-bond donors (Lipinski definition) is 2. The Balaban J connectivity index is 1.54. The molecule has 0 spiro atoms. The number of carbonyl (C=O) groups is 1. The van der Waals surface area contributed by atoms with Gasteiger partial charge in [0.25, 0.3) is 10.0 Å². The second-order valence-corrected chi connectivity index (χ2v) is 12.6. The van der Waals surface area contributed by atoms with E-state index in [1.165, 1.54) is 11.6 Å². The minimum absolute atomic E-state index is 0.00361. The Morgan fingerprint density at radius 2 is 1.97 bits per heavy atom. The van der Waals surface area contributed by atoms with Crippen LogP contribution >= 0.6 is 11.6 Å². The number of aryl methyl sites for hydroxylation is 1. The van der Waals surface area contributed by atoms with Crippen molar-refractivity contribution in [2.75, 3.05) is 31.6 Å². The molecule has 0 radical (unpaired) electrons. The number of benzene rings is 2. The van der Waals surface area contributed by atoms with Gasteiger partial charge in [-0.2, -0.15) is 0 Å². The van der Waals surface area contributed by atoms with Crippen LogP contribution in [0.2, 0.25) is 5.02 Å². The first-order valence-electron chi connectivity index (χ1n) is 13.6. The second-order valence-electron chi connectivity index (χ2n) is 10.5. The Morgan fingerprint density at radius 1 is 1.10 bits per heavy atom. The third-order valence-corrected chi connectivity index (χ3v) is 9.60. The molecule has 3 aliphatic rings. The zero-order valence-electron chi connectivity index (χ0n) is 22.2. The summed E-state index contributed by atoms with van der Waals surface area (Å²) < 4.78 is 40.7. The highest BCUT2D eigenvalue weighted by atomic mass is 35.5. The van der Waals surface area contributed by atoms with Crippen molar-refractivity contribution < 1.29 is 22.7 Å². The van der Waals surface area contributed by atoms with E-state index in [4.69, 9.17) is 21.1 Å². The third kappa shape index (κ3) is 6.53. The number of sulfonamides is 1. The first-order chi connectivity index (χ1) is 18.8. The van der Waals surface area contributed by atoms with Crippen LogP contribution in [-0.2, 0) is 27.8 Å². The van der Waals surface area contributed by atoms with E-state index in [1.807, 2.05) is 24.3 Å². The number of nitrogens with zero attached hydrogens (tertiary/aromatic N) is 1. The van der Waals surface area contributed by atoms with Gasteiger partial charge in [0.1, 0.15) is 12.4 Å². The van der Waals surface area contributed by atoms with Gasteiger partial charge >= 0.3 is 6.03 Å². The zero-order valence-corrected chi connectivity index (χ0v) is 23.8. The molecule has 2 amide bonds. The lowest BCUT2D eigenvalue weighted by atomic mass is 9.70. The Labute approximate surface area is 235 Å². The van der Waals surface area contributed by atoms with Gasteiger partial charge in [-0.05, 0) is 91.8 Å². The number of urea groups is 1. The fourth-order valence-corrected chi connectivity index (χ4v) is 6.88. The molecule has 2 aliphatic heterocycles. The second kappa shape index (κ2) is 12.2. The van der Waals surface area contributed by atoms with Crippen LogP contribution in [0.15, 0.2) is 53.4 Å². The Bertz CT molecular complexity index is 1330. The standard InChI is InChI=1S/C29H36ClN3O5S/c1-37-27-7-2-4-14-31-29(34)32-39(35,36)24-11-13-28-26(17-24)33(18-21-9-12-25(21)27)15-5-3-6-20-16-23(30)10-8-22(20)19-38-28/h2,7-8,10-11,13,16-17,21,25,27H,3-6,9,12,14-15,18-19H2,1H3,(H2,31,32,34)/b7-2+/t21-,25+,27+/m0/s1. The maximum absolute atomic E-state index is 13.2. The minimum atomic E-state index is -4.08. The third-order valence-electron chi connectivity index (χ3n) is 8.03. The smallest absolute Gasteiger partial charge is 0.328 e. The van der Waals surface area contributed by atoms with Crippen molar-refractivity contribution in [3.8, 4) is 5.75 Å². The molecular weight excluding hydrogens is 538 g/mol. The van der Waals surface area contributed by atoms with Crippen LogP contribution in [0.1, 0.15) is 43.2 Å². The van der Waals surface area contributed by atoms with Crippen LogP contribution in [0.3, 0.4) is 0 Å². The summed E-state index contributed by atoms with van der Waals surface area (Å²) in [6.45, 7) is 2.19. The first kappa shape index (κ1) is 27.8. The zero-order chi connectivity index (χ0) is 27.4. The summed E-state index contributed by atoms with van der Waals surface area (Å²) in [6.07, 6.45) is 9.60. The van der Waals surface area contributed by atoms with E-state index >= 15 is 0 Å².